The Morgan fingerprint density at radius 2 is 1.76 bits per heavy atom. The Bertz CT molecular complexity index is 652. The van der Waals surface area contributed by atoms with Gasteiger partial charge in [0.15, 0.2) is 0 Å². The van der Waals surface area contributed by atoms with E-state index in [4.69, 9.17) is 5.11 Å². The van der Waals surface area contributed by atoms with Crippen LogP contribution >= 0.6 is 0 Å². The maximum atomic E-state index is 12.7. The van der Waals surface area contributed by atoms with E-state index < -0.39 is 21.5 Å². The molecule has 0 saturated heterocycles. The minimum absolute atomic E-state index is 0.170. The number of carboxylic acids is 1. The normalized spacial score (nSPS) is 17.3. The lowest BCUT2D eigenvalue weighted by atomic mass is 9.75. The first-order chi connectivity index (χ1) is 9.65. The molecule has 1 aliphatic rings. The molecule has 1 aliphatic carbocycles. The van der Waals surface area contributed by atoms with Gasteiger partial charge in [0.05, 0.1) is 11.3 Å². The fourth-order valence-electron chi connectivity index (χ4n) is 3.13. The van der Waals surface area contributed by atoms with E-state index in [0.717, 1.165) is 12.0 Å². The van der Waals surface area contributed by atoms with Gasteiger partial charge in [-0.3, -0.25) is 4.79 Å². The minimum Gasteiger partial charge on any atom is -0.481 e. The Hall–Kier alpha value is -1.40. The summed E-state index contributed by atoms with van der Waals surface area (Å²) in [6, 6.07) is 3.65. The topological polar surface area (TPSA) is 83.5 Å². The molecule has 0 heterocycles. The van der Waals surface area contributed by atoms with Crippen LogP contribution in [0.1, 0.15) is 42.4 Å². The summed E-state index contributed by atoms with van der Waals surface area (Å²) in [5.74, 6) is -0.977. The van der Waals surface area contributed by atoms with Crippen LogP contribution in [0.2, 0.25) is 0 Å². The first-order valence-electron chi connectivity index (χ1n) is 6.99. The van der Waals surface area contributed by atoms with Crippen molar-refractivity contribution in [2.45, 2.75) is 56.9 Å². The van der Waals surface area contributed by atoms with Crippen molar-refractivity contribution in [1.82, 2.24) is 4.72 Å². The van der Waals surface area contributed by atoms with Gasteiger partial charge in [0, 0.05) is 5.54 Å². The predicted molar refractivity (Wildman–Crippen MR) is 79.8 cm³/mol. The Labute approximate surface area is 125 Å². The highest BCUT2D eigenvalue weighted by Crippen LogP contribution is 2.37. The molecule has 1 aromatic rings. The molecule has 0 bridgehead atoms. The average molecular weight is 311 g/mol. The molecule has 0 spiro atoms. The summed E-state index contributed by atoms with van der Waals surface area (Å²) in [5, 5.41) is 8.99. The van der Waals surface area contributed by atoms with Gasteiger partial charge in [0.1, 0.15) is 0 Å². The lowest BCUT2D eigenvalue weighted by molar-refractivity contribution is -0.139. The number of benzene rings is 1. The molecule has 0 atom stereocenters. The zero-order chi connectivity index (χ0) is 15.8. The molecule has 5 nitrogen and oxygen atoms in total. The summed E-state index contributed by atoms with van der Waals surface area (Å²) in [6.45, 7) is 5.44. The number of aliphatic carboxylic acids is 1. The number of carboxylic acid groups (broad SMARTS) is 1. The third-order valence-corrected chi connectivity index (χ3v) is 5.91. The Kier molecular flexibility index (Phi) is 4.13. The highest BCUT2D eigenvalue weighted by molar-refractivity contribution is 7.89. The van der Waals surface area contributed by atoms with Crippen LogP contribution in [0.25, 0.3) is 0 Å². The van der Waals surface area contributed by atoms with Gasteiger partial charge in [0.2, 0.25) is 10.0 Å². The fraction of sp³-hybridized carbons (Fsp3) is 0.533. The largest absolute Gasteiger partial charge is 0.481 e. The maximum Gasteiger partial charge on any atom is 0.305 e. The molecule has 1 aromatic carbocycles. The van der Waals surface area contributed by atoms with E-state index in [1.807, 2.05) is 19.1 Å². The monoisotopic (exact) mass is 311 g/mol. The molecule has 2 rings (SSSR count). The van der Waals surface area contributed by atoms with Crippen molar-refractivity contribution in [1.29, 1.82) is 0 Å². The molecule has 1 saturated carbocycles. The molecule has 0 unspecified atom stereocenters. The molecule has 116 valence electrons. The van der Waals surface area contributed by atoms with E-state index in [2.05, 4.69) is 4.72 Å². The summed E-state index contributed by atoms with van der Waals surface area (Å²) in [4.78, 5) is 11.2. The van der Waals surface area contributed by atoms with Gasteiger partial charge in [0.25, 0.3) is 0 Å². The number of aryl methyl sites for hydroxylation is 3. The molecule has 0 radical (unpaired) electrons. The first kappa shape index (κ1) is 16.0. The SMILES string of the molecule is Cc1cc(C)c(S(=O)(=O)NC2(CC(=O)O)CCC2)c(C)c1. The van der Waals surface area contributed by atoms with Gasteiger partial charge >= 0.3 is 5.97 Å². The van der Waals surface area contributed by atoms with Crippen LogP contribution in [0.4, 0.5) is 0 Å². The second-order valence-corrected chi connectivity index (χ2v) is 7.66. The van der Waals surface area contributed by atoms with Gasteiger partial charge in [-0.1, -0.05) is 17.7 Å². The van der Waals surface area contributed by atoms with Crippen LogP contribution in [0.5, 0.6) is 0 Å². The third kappa shape index (κ3) is 3.27. The average Bonchev–Trinajstić information content (AvgIpc) is 2.22. The fourth-order valence-corrected chi connectivity index (χ4v) is 5.05. The van der Waals surface area contributed by atoms with Crippen molar-refractivity contribution in [2.75, 3.05) is 0 Å². The van der Waals surface area contributed by atoms with Gasteiger partial charge in [-0.15, -0.1) is 0 Å². The second kappa shape index (κ2) is 5.42. The Morgan fingerprint density at radius 1 is 1.24 bits per heavy atom. The highest BCUT2D eigenvalue weighted by Gasteiger charge is 2.43. The summed E-state index contributed by atoms with van der Waals surface area (Å²) < 4.78 is 28.0. The van der Waals surface area contributed by atoms with Crippen LogP contribution in [-0.4, -0.2) is 25.0 Å². The highest BCUT2D eigenvalue weighted by atomic mass is 32.2. The first-order valence-corrected chi connectivity index (χ1v) is 8.47. The predicted octanol–water partition coefficient (Wildman–Crippen LogP) is 2.29. The molecule has 0 aliphatic heterocycles. The molecule has 0 amide bonds. The number of carbonyl (C=O) groups is 1. The van der Waals surface area contributed by atoms with Gasteiger partial charge in [-0.05, 0) is 51.2 Å². The van der Waals surface area contributed by atoms with Gasteiger partial charge < -0.3 is 5.11 Å². The van der Waals surface area contributed by atoms with E-state index >= 15 is 0 Å². The van der Waals surface area contributed by atoms with Crippen molar-refractivity contribution < 1.29 is 18.3 Å². The number of hydrogen-bond donors (Lipinski definition) is 2. The maximum absolute atomic E-state index is 12.7. The number of rotatable bonds is 5. The third-order valence-electron chi connectivity index (χ3n) is 4.02. The summed E-state index contributed by atoms with van der Waals surface area (Å²) >= 11 is 0. The van der Waals surface area contributed by atoms with Crippen LogP contribution in [0.3, 0.4) is 0 Å². The van der Waals surface area contributed by atoms with Crippen molar-refractivity contribution in [3.8, 4) is 0 Å². The summed E-state index contributed by atoms with van der Waals surface area (Å²) in [6.07, 6.45) is 1.82. The molecular weight excluding hydrogens is 290 g/mol. The van der Waals surface area contributed by atoms with Crippen LogP contribution < -0.4 is 4.72 Å². The lowest BCUT2D eigenvalue weighted by Gasteiger charge is -2.41. The standard InChI is InChI=1S/C15H21NO4S/c1-10-7-11(2)14(12(3)8-10)21(19,20)16-15(5-4-6-15)9-13(17)18/h7-8,16H,4-6,9H2,1-3H3,(H,17,18). The second-order valence-electron chi connectivity index (χ2n) is 6.04. The molecule has 6 heteroatoms. The van der Waals surface area contributed by atoms with Crippen molar-refractivity contribution in [3.05, 3.63) is 28.8 Å². The van der Waals surface area contributed by atoms with Crippen LogP contribution in [0.15, 0.2) is 17.0 Å². The van der Waals surface area contributed by atoms with Crippen molar-refractivity contribution in [2.24, 2.45) is 0 Å². The zero-order valence-electron chi connectivity index (χ0n) is 12.6. The van der Waals surface area contributed by atoms with Crippen molar-refractivity contribution >= 4 is 16.0 Å². The van der Waals surface area contributed by atoms with E-state index in [9.17, 15) is 13.2 Å². The Balaban J connectivity index is 2.37. The smallest absolute Gasteiger partial charge is 0.305 e. The molecule has 1 fully saturated rings. The molecular formula is C15H21NO4S. The van der Waals surface area contributed by atoms with E-state index in [1.165, 1.54) is 0 Å². The van der Waals surface area contributed by atoms with Gasteiger partial charge in [-0.2, -0.15) is 0 Å². The molecule has 2 N–H and O–H groups in total. The van der Waals surface area contributed by atoms with E-state index in [0.29, 0.717) is 24.0 Å². The number of hydrogen-bond acceptors (Lipinski definition) is 3. The molecule has 21 heavy (non-hydrogen) atoms. The van der Waals surface area contributed by atoms with Crippen LogP contribution in [0, 0.1) is 20.8 Å². The van der Waals surface area contributed by atoms with Crippen LogP contribution in [-0.2, 0) is 14.8 Å². The summed E-state index contributed by atoms with van der Waals surface area (Å²) in [7, 11) is -3.72. The van der Waals surface area contributed by atoms with E-state index in [-0.39, 0.29) is 11.3 Å². The number of nitrogens with one attached hydrogen (secondary N) is 1. The zero-order valence-corrected chi connectivity index (χ0v) is 13.4. The lowest BCUT2D eigenvalue weighted by Crippen LogP contribution is -2.54. The summed E-state index contributed by atoms with van der Waals surface area (Å²) in [5.41, 5.74) is 1.55. The van der Waals surface area contributed by atoms with Gasteiger partial charge in [-0.25, -0.2) is 13.1 Å². The minimum atomic E-state index is -3.72. The molecule has 0 aromatic heterocycles. The quantitative estimate of drug-likeness (QED) is 0.874. The van der Waals surface area contributed by atoms with Crippen molar-refractivity contribution in [3.63, 3.8) is 0 Å². The number of sulfonamides is 1. The Morgan fingerprint density at radius 3 is 2.14 bits per heavy atom. The van der Waals surface area contributed by atoms with E-state index in [1.54, 1.807) is 13.8 Å².